The van der Waals surface area contributed by atoms with E-state index in [2.05, 4.69) is 24.4 Å². The lowest BCUT2D eigenvalue weighted by atomic mass is 10.0. The van der Waals surface area contributed by atoms with Gasteiger partial charge in [0.2, 0.25) is 0 Å². The highest BCUT2D eigenvalue weighted by Crippen LogP contribution is 2.25. The van der Waals surface area contributed by atoms with Crippen molar-refractivity contribution in [1.29, 1.82) is 0 Å². The Balaban J connectivity index is 2.35. The van der Waals surface area contributed by atoms with Crippen LogP contribution in [-0.2, 0) is 13.0 Å². The summed E-state index contributed by atoms with van der Waals surface area (Å²) in [7, 11) is 1.74. The van der Waals surface area contributed by atoms with E-state index < -0.39 is 0 Å². The molecule has 76 valence electrons. The molecule has 2 nitrogen and oxygen atoms in total. The van der Waals surface area contributed by atoms with Crippen molar-refractivity contribution in [3.05, 3.63) is 29.3 Å². The molecule has 14 heavy (non-hydrogen) atoms. The predicted molar refractivity (Wildman–Crippen MR) is 57.6 cm³/mol. The van der Waals surface area contributed by atoms with Crippen molar-refractivity contribution in [2.45, 2.75) is 32.4 Å². The van der Waals surface area contributed by atoms with Crippen molar-refractivity contribution in [1.82, 2.24) is 5.32 Å². The molecule has 1 aromatic rings. The summed E-state index contributed by atoms with van der Waals surface area (Å²) in [6.07, 6.45) is 2.36. The molecule has 0 amide bonds. The van der Waals surface area contributed by atoms with Gasteiger partial charge in [0.25, 0.3) is 0 Å². The van der Waals surface area contributed by atoms with Crippen LogP contribution in [0, 0.1) is 0 Å². The number of methoxy groups -OCH3 is 1. The highest BCUT2D eigenvalue weighted by atomic mass is 16.5. The maximum atomic E-state index is 5.36. The minimum absolute atomic E-state index is 0.604. The van der Waals surface area contributed by atoms with Crippen LogP contribution in [0.5, 0.6) is 5.75 Å². The summed E-state index contributed by atoms with van der Waals surface area (Å²) >= 11 is 0. The molecule has 1 aliphatic heterocycles. The molecule has 0 saturated carbocycles. The van der Waals surface area contributed by atoms with Crippen molar-refractivity contribution in [3.63, 3.8) is 0 Å². The van der Waals surface area contributed by atoms with Gasteiger partial charge in [-0.3, -0.25) is 0 Å². The summed E-state index contributed by atoms with van der Waals surface area (Å²) in [5, 5.41) is 3.50. The molecule has 0 fully saturated rings. The molecule has 1 aliphatic rings. The molecule has 1 N–H and O–H groups in total. The second-order valence-corrected chi connectivity index (χ2v) is 3.92. The Morgan fingerprint density at radius 1 is 1.43 bits per heavy atom. The standard InChI is InChI=1S/C12H17NO/c1-9-6-7-10-4-3-5-12(14-2)11(10)8-13-9/h3-5,9,13H,6-8H2,1-2H3. The minimum atomic E-state index is 0.604. The lowest BCUT2D eigenvalue weighted by Crippen LogP contribution is -2.23. The van der Waals surface area contributed by atoms with E-state index in [1.807, 2.05) is 6.07 Å². The van der Waals surface area contributed by atoms with Crippen LogP contribution in [0.2, 0.25) is 0 Å². The van der Waals surface area contributed by atoms with Gasteiger partial charge < -0.3 is 10.1 Å². The summed E-state index contributed by atoms with van der Waals surface area (Å²) < 4.78 is 5.36. The average Bonchev–Trinajstić information content (AvgIpc) is 2.41. The summed E-state index contributed by atoms with van der Waals surface area (Å²) in [6, 6.07) is 6.92. The zero-order chi connectivity index (χ0) is 9.97. The van der Waals surface area contributed by atoms with E-state index in [-0.39, 0.29) is 0 Å². The molecule has 0 spiro atoms. The zero-order valence-electron chi connectivity index (χ0n) is 8.84. The fourth-order valence-electron chi connectivity index (χ4n) is 1.99. The van der Waals surface area contributed by atoms with Crippen LogP contribution in [-0.4, -0.2) is 13.2 Å². The second-order valence-electron chi connectivity index (χ2n) is 3.92. The van der Waals surface area contributed by atoms with Crippen molar-refractivity contribution >= 4 is 0 Å². The molecule has 0 aromatic heterocycles. The van der Waals surface area contributed by atoms with Gasteiger partial charge in [0.05, 0.1) is 7.11 Å². The summed E-state index contributed by atoms with van der Waals surface area (Å²) in [5.41, 5.74) is 2.76. The SMILES string of the molecule is COc1cccc2c1CNC(C)CC2. The smallest absolute Gasteiger partial charge is 0.123 e. The van der Waals surface area contributed by atoms with Gasteiger partial charge in [0, 0.05) is 18.2 Å². The first-order valence-electron chi connectivity index (χ1n) is 5.19. The van der Waals surface area contributed by atoms with Crippen LogP contribution in [0.3, 0.4) is 0 Å². The number of benzene rings is 1. The topological polar surface area (TPSA) is 21.3 Å². The maximum absolute atomic E-state index is 5.36. The first-order chi connectivity index (χ1) is 6.81. The van der Waals surface area contributed by atoms with Crippen LogP contribution in [0.25, 0.3) is 0 Å². The van der Waals surface area contributed by atoms with E-state index in [0.29, 0.717) is 6.04 Å². The van der Waals surface area contributed by atoms with Crippen LogP contribution >= 0.6 is 0 Å². The largest absolute Gasteiger partial charge is 0.496 e. The maximum Gasteiger partial charge on any atom is 0.123 e. The van der Waals surface area contributed by atoms with E-state index in [9.17, 15) is 0 Å². The Morgan fingerprint density at radius 2 is 2.29 bits per heavy atom. The van der Waals surface area contributed by atoms with Crippen molar-refractivity contribution in [3.8, 4) is 5.75 Å². The monoisotopic (exact) mass is 191 g/mol. The molecule has 0 saturated heterocycles. The average molecular weight is 191 g/mol. The quantitative estimate of drug-likeness (QED) is 0.734. The van der Waals surface area contributed by atoms with Gasteiger partial charge in [-0.2, -0.15) is 0 Å². The van der Waals surface area contributed by atoms with Gasteiger partial charge >= 0.3 is 0 Å². The van der Waals surface area contributed by atoms with Gasteiger partial charge in [-0.1, -0.05) is 12.1 Å². The zero-order valence-corrected chi connectivity index (χ0v) is 8.84. The summed E-state index contributed by atoms with van der Waals surface area (Å²) in [5.74, 6) is 1.02. The highest BCUT2D eigenvalue weighted by molar-refractivity contribution is 5.41. The molecular weight excluding hydrogens is 174 g/mol. The number of ether oxygens (including phenoxy) is 1. The summed E-state index contributed by atoms with van der Waals surface area (Å²) in [6.45, 7) is 3.17. The molecule has 0 bridgehead atoms. The lowest BCUT2D eigenvalue weighted by Gasteiger charge is -2.11. The molecule has 1 heterocycles. The Bertz CT molecular complexity index is 322. The van der Waals surface area contributed by atoms with E-state index in [1.54, 1.807) is 7.11 Å². The van der Waals surface area contributed by atoms with Crippen LogP contribution in [0.1, 0.15) is 24.5 Å². The van der Waals surface area contributed by atoms with Crippen molar-refractivity contribution in [2.24, 2.45) is 0 Å². The van der Waals surface area contributed by atoms with Gasteiger partial charge in [0.1, 0.15) is 5.75 Å². The van der Waals surface area contributed by atoms with E-state index in [0.717, 1.165) is 18.7 Å². The molecular formula is C12H17NO. The fraction of sp³-hybridized carbons (Fsp3) is 0.500. The number of nitrogens with one attached hydrogen (secondary N) is 1. The Morgan fingerprint density at radius 3 is 3.07 bits per heavy atom. The van der Waals surface area contributed by atoms with Gasteiger partial charge in [-0.25, -0.2) is 0 Å². The van der Waals surface area contributed by atoms with Crippen LogP contribution < -0.4 is 10.1 Å². The Labute approximate surface area is 85.3 Å². The molecule has 1 unspecified atom stereocenters. The predicted octanol–water partition coefficient (Wildman–Crippen LogP) is 2.12. The number of aryl methyl sites for hydroxylation is 1. The molecule has 2 rings (SSSR count). The van der Waals surface area contributed by atoms with Crippen LogP contribution in [0.4, 0.5) is 0 Å². The van der Waals surface area contributed by atoms with Crippen LogP contribution in [0.15, 0.2) is 18.2 Å². The normalized spacial score (nSPS) is 21.1. The molecule has 1 aromatic carbocycles. The van der Waals surface area contributed by atoms with E-state index in [4.69, 9.17) is 4.74 Å². The highest BCUT2D eigenvalue weighted by Gasteiger charge is 2.14. The fourth-order valence-corrected chi connectivity index (χ4v) is 1.99. The molecule has 0 aliphatic carbocycles. The third kappa shape index (κ3) is 1.75. The first kappa shape index (κ1) is 9.53. The second kappa shape index (κ2) is 4.01. The molecule has 0 radical (unpaired) electrons. The third-order valence-electron chi connectivity index (χ3n) is 2.92. The van der Waals surface area contributed by atoms with Gasteiger partial charge in [-0.05, 0) is 31.4 Å². The third-order valence-corrected chi connectivity index (χ3v) is 2.92. The number of hydrogen-bond acceptors (Lipinski definition) is 2. The summed E-state index contributed by atoms with van der Waals surface area (Å²) in [4.78, 5) is 0. The first-order valence-corrected chi connectivity index (χ1v) is 5.19. The number of hydrogen-bond donors (Lipinski definition) is 1. The Kier molecular flexibility index (Phi) is 2.73. The minimum Gasteiger partial charge on any atom is -0.496 e. The Hall–Kier alpha value is -1.02. The lowest BCUT2D eigenvalue weighted by molar-refractivity contribution is 0.406. The van der Waals surface area contributed by atoms with E-state index >= 15 is 0 Å². The van der Waals surface area contributed by atoms with Gasteiger partial charge in [0.15, 0.2) is 0 Å². The number of fused-ring (bicyclic) bond motifs is 1. The number of rotatable bonds is 1. The van der Waals surface area contributed by atoms with Gasteiger partial charge in [-0.15, -0.1) is 0 Å². The van der Waals surface area contributed by atoms with Crippen molar-refractivity contribution in [2.75, 3.05) is 7.11 Å². The molecule has 1 atom stereocenters. The van der Waals surface area contributed by atoms with Crippen molar-refractivity contribution < 1.29 is 4.74 Å². The molecule has 2 heteroatoms. The van der Waals surface area contributed by atoms with E-state index in [1.165, 1.54) is 17.5 Å².